The Bertz CT molecular complexity index is 342. The molecule has 0 radical (unpaired) electrons. The Hall–Kier alpha value is -1.06. The predicted molar refractivity (Wildman–Crippen MR) is 60.1 cm³/mol. The van der Waals surface area contributed by atoms with Gasteiger partial charge in [0.25, 0.3) is 0 Å². The van der Waals surface area contributed by atoms with E-state index in [1.165, 1.54) is 0 Å². The molecular weight excluding hydrogens is 217 g/mol. The minimum Gasteiger partial charge on any atom is -0.485 e. The van der Waals surface area contributed by atoms with Crippen LogP contribution in [0.2, 0.25) is 0 Å². The number of hydrogen-bond acceptors (Lipinski definition) is 2. The minimum absolute atomic E-state index is 0. The van der Waals surface area contributed by atoms with Crippen LogP contribution in [0.1, 0.15) is 5.56 Å². The Morgan fingerprint density at radius 2 is 2.27 bits per heavy atom. The van der Waals surface area contributed by atoms with Crippen LogP contribution in [0.3, 0.4) is 0 Å². The molecule has 0 saturated carbocycles. The monoisotopic (exact) mass is 229 g/mol. The van der Waals surface area contributed by atoms with E-state index in [0.717, 1.165) is 11.3 Å². The van der Waals surface area contributed by atoms with Gasteiger partial charge >= 0.3 is 0 Å². The smallest absolute Gasteiger partial charge is 0.128 e. The van der Waals surface area contributed by atoms with E-state index in [1.807, 2.05) is 24.3 Å². The maximum absolute atomic E-state index is 12.4. The first-order valence-corrected chi connectivity index (χ1v) is 4.59. The van der Waals surface area contributed by atoms with Crippen LogP contribution >= 0.6 is 12.4 Å². The second-order valence-corrected chi connectivity index (χ2v) is 3.31. The van der Waals surface area contributed by atoms with Gasteiger partial charge in [0, 0.05) is 18.5 Å². The van der Waals surface area contributed by atoms with Crippen LogP contribution in [0.25, 0.3) is 0 Å². The molecular formula is C11H13ClFNO. The van der Waals surface area contributed by atoms with Gasteiger partial charge in [0.2, 0.25) is 0 Å². The number of fused-ring (bicyclic) bond motifs is 1. The number of nitrogens with two attached hydrogens (primary N) is 1. The van der Waals surface area contributed by atoms with Gasteiger partial charge in [-0.3, -0.25) is 0 Å². The van der Waals surface area contributed by atoms with E-state index < -0.39 is 0 Å². The second kappa shape index (κ2) is 5.14. The lowest BCUT2D eigenvalue weighted by atomic mass is 10.1. The molecule has 1 aromatic carbocycles. The van der Waals surface area contributed by atoms with Gasteiger partial charge in [-0.05, 0) is 11.6 Å². The van der Waals surface area contributed by atoms with E-state index in [1.54, 1.807) is 0 Å². The van der Waals surface area contributed by atoms with Gasteiger partial charge in [-0.25, -0.2) is 4.39 Å². The molecule has 2 rings (SSSR count). The molecule has 0 fully saturated rings. The van der Waals surface area contributed by atoms with Crippen molar-refractivity contribution in [1.82, 2.24) is 0 Å². The summed E-state index contributed by atoms with van der Waals surface area (Å²) >= 11 is 0. The molecule has 0 spiro atoms. The van der Waals surface area contributed by atoms with E-state index in [9.17, 15) is 4.39 Å². The number of halogens is 2. The summed E-state index contributed by atoms with van der Waals surface area (Å²) < 4.78 is 18.0. The van der Waals surface area contributed by atoms with Gasteiger partial charge < -0.3 is 10.5 Å². The summed E-state index contributed by atoms with van der Waals surface area (Å²) in [5.74, 6) is 0.838. The van der Waals surface area contributed by atoms with Crippen LogP contribution in [0, 0.1) is 0 Å². The largest absolute Gasteiger partial charge is 0.485 e. The van der Waals surface area contributed by atoms with Crippen molar-refractivity contribution >= 4 is 12.4 Å². The zero-order valence-corrected chi connectivity index (χ0v) is 8.97. The molecule has 2 N–H and O–H groups in total. The van der Waals surface area contributed by atoms with Gasteiger partial charge in [0.15, 0.2) is 0 Å². The van der Waals surface area contributed by atoms with Gasteiger partial charge in [-0.15, -0.1) is 12.4 Å². The zero-order chi connectivity index (χ0) is 9.97. The Morgan fingerprint density at radius 3 is 2.87 bits per heavy atom. The molecule has 0 saturated heterocycles. The first-order chi connectivity index (χ1) is 6.85. The summed E-state index contributed by atoms with van der Waals surface area (Å²) in [5, 5.41) is 0. The summed E-state index contributed by atoms with van der Waals surface area (Å²) in [5.41, 5.74) is 7.04. The van der Waals surface area contributed by atoms with Gasteiger partial charge in [-0.2, -0.15) is 0 Å². The Kier molecular flexibility index (Phi) is 4.12. The van der Waals surface area contributed by atoms with Crippen LogP contribution in [0.5, 0.6) is 5.75 Å². The van der Waals surface area contributed by atoms with E-state index in [0.29, 0.717) is 18.3 Å². The fraction of sp³-hybridized carbons (Fsp3) is 0.273. The van der Waals surface area contributed by atoms with Crippen LogP contribution in [0.15, 0.2) is 36.2 Å². The van der Waals surface area contributed by atoms with Crippen molar-refractivity contribution in [2.24, 2.45) is 5.73 Å². The van der Waals surface area contributed by atoms with Gasteiger partial charge in [0.05, 0.1) is 6.33 Å². The number of hydrogen-bond donors (Lipinski definition) is 1. The quantitative estimate of drug-likeness (QED) is 0.844. The van der Waals surface area contributed by atoms with Crippen molar-refractivity contribution in [3.8, 4) is 5.75 Å². The van der Waals surface area contributed by atoms with E-state index in [-0.39, 0.29) is 25.1 Å². The molecule has 2 nitrogen and oxygen atoms in total. The fourth-order valence-electron chi connectivity index (χ4n) is 1.64. The highest BCUT2D eigenvalue weighted by atomic mass is 35.5. The third-order valence-electron chi connectivity index (χ3n) is 2.44. The fourth-order valence-corrected chi connectivity index (χ4v) is 1.64. The van der Waals surface area contributed by atoms with Crippen molar-refractivity contribution in [2.45, 2.75) is 12.5 Å². The van der Waals surface area contributed by atoms with Crippen molar-refractivity contribution in [2.75, 3.05) is 6.54 Å². The molecule has 1 unspecified atom stereocenters. The zero-order valence-electron chi connectivity index (χ0n) is 8.15. The molecule has 0 aliphatic carbocycles. The van der Waals surface area contributed by atoms with Crippen molar-refractivity contribution < 1.29 is 9.13 Å². The summed E-state index contributed by atoms with van der Waals surface area (Å²) in [4.78, 5) is 0. The molecule has 1 aliphatic rings. The molecule has 1 heterocycles. The number of benzene rings is 1. The third kappa shape index (κ3) is 2.30. The Balaban J connectivity index is 0.00000112. The lowest BCUT2D eigenvalue weighted by molar-refractivity contribution is 0.266. The SMILES string of the molecule is Cl.NC/C(=C\F)C1Cc2ccccc2O1. The number of para-hydroxylation sites is 1. The highest BCUT2D eigenvalue weighted by molar-refractivity contribution is 5.85. The average Bonchev–Trinajstić information content (AvgIpc) is 2.63. The summed E-state index contributed by atoms with van der Waals surface area (Å²) in [6, 6.07) is 7.73. The first-order valence-electron chi connectivity index (χ1n) is 4.59. The lowest BCUT2D eigenvalue weighted by Gasteiger charge is -2.11. The molecule has 0 aromatic heterocycles. The predicted octanol–water partition coefficient (Wildman–Crippen LogP) is 2.22. The van der Waals surface area contributed by atoms with Gasteiger partial charge in [0.1, 0.15) is 11.9 Å². The maximum Gasteiger partial charge on any atom is 0.128 e. The van der Waals surface area contributed by atoms with Crippen molar-refractivity contribution in [3.05, 3.63) is 41.7 Å². The van der Waals surface area contributed by atoms with E-state index in [2.05, 4.69) is 0 Å². The molecule has 0 bridgehead atoms. The maximum atomic E-state index is 12.4. The Labute approximate surface area is 94.3 Å². The van der Waals surface area contributed by atoms with E-state index >= 15 is 0 Å². The number of ether oxygens (including phenoxy) is 1. The summed E-state index contributed by atoms with van der Waals surface area (Å²) in [6.45, 7) is 0.204. The molecule has 1 aromatic rings. The van der Waals surface area contributed by atoms with Crippen LogP contribution in [-0.4, -0.2) is 12.6 Å². The highest BCUT2D eigenvalue weighted by Gasteiger charge is 2.24. The summed E-state index contributed by atoms with van der Waals surface area (Å²) in [7, 11) is 0. The molecule has 4 heteroatoms. The normalized spacial score (nSPS) is 19.1. The minimum atomic E-state index is -0.220. The molecule has 82 valence electrons. The molecule has 0 amide bonds. The van der Waals surface area contributed by atoms with Crippen molar-refractivity contribution in [1.29, 1.82) is 0 Å². The summed E-state index contributed by atoms with van der Waals surface area (Å²) in [6.07, 6.45) is 1.04. The number of rotatable bonds is 2. The van der Waals surface area contributed by atoms with Crippen LogP contribution in [-0.2, 0) is 6.42 Å². The molecule has 15 heavy (non-hydrogen) atoms. The first kappa shape index (κ1) is 12.0. The Morgan fingerprint density at radius 1 is 1.53 bits per heavy atom. The topological polar surface area (TPSA) is 35.2 Å². The average molecular weight is 230 g/mol. The van der Waals surface area contributed by atoms with E-state index in [4.69, 9.17) is 10.5 Å². The van der Waals surface area contributed by atoms with Crippen molar-refractivity contribution in [3.63, 3.8) is 0 Å². The third-order valence-corrected chi connectivity index (χ3v) is 2.44. The highest BCUT2D eigenvalue weighted by Crippen LogP contribution is 2.30. The van der Waals surface area contributed by atoms with Crippen LogP contribution in [0.4, 0.5) is 4.39 Å². The molecule has 1 aliphatic heterocycles. The lowest BCUT2D eigenvalue weighted by Crippen LogP contribution is -2.21. The molecule has 1 atom stereocenters. The standard InChI is InChI=1S/C11H12FNO.ClH/c12-6-9(7-13)11-5-8-3-1-2-4-10(8)14-11;/h1-4,6,11H,5,7,13H2;1H/b9-6+;. The second-order valence-electron chi connectivity index (χ2n) is 3.31. The van der Waals surface area contributed by atoms with Gasteiger partial charge in [-0.1, -0.05) is 18.2 Å². The van der Waals surface area contributed by atoms with Crippen LogP contribution < -0.4 is 10.5 Å².